The zero-order valence-electron chi connectivity index (χ0n) is 6.73. The molecule has 4 heteroatoms. The normalized spacial score (nSPS) is 22.8. The average Bonchev–Trinajstić information content (AvgIpc) is 2.56. The Morgan fingerprint density at radius 3 is 3.17 bits per heavy atom. The standard InChI is InChI=1S/C8H11N3O/c9-7-3-8(11-10-4-7)6-1-2-12-5-6/h3-4,6H,1-2,5H2,(H2,9,11). The highest BCUT2D eigenvalue weighted by atomic mass is 16.5. The fraction of sp³-hybridized carbons (Fsp3) is 0.500. The highest BCUT2D eigenvalue weighted by Gasteiger charge is 2.19. The van der Waals surface area contributed by atoms with Gasteiger partial charge in [-0.05, 0) is 12.5 Å². The lowest BCUT2D eigenvalue weighted by atomic mass is 10.0. The Morgan fingerprint density at radius 1 is 1.58 bits per heavy atom. The Hall–Kier alpha value is -1.16. The van der Waals surface area contributed by atoms with Crippen molar-refractivity contribution in [2.45, 2.75) is 12.3 Å². The third kappa shape index (κ3) is 1.38. The Labute approximate surface area is 70.7 Å². The van der Waals surface area contributed by atoms with E-state index in [1.54, 1.807) is 6.20 Å². The van der Waals surface area contributed by atoms with Gasteiger partial charge in [0.2, 0.25) is 0 Å². The lowest BCUT2D eigenvalue weighted by Gasteiger charge is -2.04. The number of nitrogen functional groups attached to an aromatic ring is 1. The van der Waals surface area contributed by atoms with Crippen molar-refractivity contribution in [1.82, 2.24) is 10.2 Å². The minimum atomic E-state index is 0.390. The van der Waals surface area contributed by atoms with E-state index in [1.165, 1.54) is 0 Å². The highest BCUT2D eigenvalue weighted by molar-refractivity contribution is 5.35. The van der Waals surface area contributed by atoms with Crippen LogP contribution in [0.4, 0.5) is 5.69 Å². The van der Waals surface area contributed by atoms with Crippen molar-refractivity contribution < 1.29 is 4.74 Å². The molecule has 1 atom stereocenters. The van der Waals surface area contributed by atoms with Gasteiger partial charge in [-0.25, -0.2) is 0 Å². The summed E-state index contributed by atoms with van der Waals surface area (Å²) in [6.07, 6.45) is 2.58. The Morgan fingerprint density at radius 2 is 2.50 bits per heavy atom. The summed E-state index contributed by atoms with van der Waals surface area (Å²) in [4.78, 5) is 0. The van der Waals surface area contributed by atoms with Crippen molar-refractivity contribution in [3.8, 4) is 0 Å². The third-order valence-corrected chi connectivity index (χ3v) is 2.04. The molecule has 1 unspecified atom stereocenters. The van der Waals surface area contributed by atoms with E-state index in [9.17, 15) is 0 Å². The molecule has 0 saturated carbocycles. The predicted molar refractivity (Wildman–Crippen MR) is 44.6 cm³/mol. The van der Waals surface area contributed by atoms with Gasteiger partial charge in [0, 0.05) is 12.5 Å². The van der Waals surface area contributed by atoms with Gasteiger partial charge in [0.05, 0.1) is 24.2 Å². The van der Waals surface area contributed by atoms with Gasteiger partial charge in [0.1, 0.15) is 0 Å². The lowest BCUT2D eigenvalue weighted by Crippen LogP contribution is -2.03. The highest BCUT2D eigenvalue weighted by Crippen LogP contribution is 2.23. The van der Waals surface area contributed by atoms with Gasteiger partial charge >= 0.3 is 0 Å². The second kappa shape index (κ2) is 3.06. The van der Waals surface area contributed by atoms with E-state index in [0.717, 1.165) is 25.3 Å². The zero-order valence-corrected chi connectivity index (χ0v) is 6.73. The van der Waals surface area contributed by atoms with Gasteiger partial charge in [0.15, 0.2) is 0 Å². The Kier molecular flexibility index (Phi) is 1.91. The number of ether oxygens (including phenoxy) is 1. The molecule has 1 fully saturated rings. The van der Waals surface area contributed by atoms with E-state index in [2.05, 4.69) is 10.2 Å². The van der Waals surface area contributed by atoms with Crippen LogP contribution < -0.4 is 5.73 Å². The van der Waals surface area contributed by atoms with E-state index >= 15 is 0 Å². The van der Waals surface area contributed by atoms with Crippen molar-refractivity contribution in [2.75, 3.05) is 18.9 Å². The van der Waals surface area contributed by atoms with Gasteiger partial charge in [-0.1, -0.05) is 0 Å². The van der Waals surface area contributed by atoms with Crippen LogP contribution in [0.25, 0.3) is 0 Å². The number of hydrogen-bond acceptors (Lipinski definition) is 4. The van der Waals surface area contributed by atoms with Crippen LogP contribution in [0.5, 0.6) is 0 Å². The first kappa shape index (κ1) is 7.49. The fourth-order valence-corrected chi connectivity index (χ4v) is 1.37. The van der Waals surface area contributed by atoms with Crippen LogP contribution >= 0.6 is 0 Å². The van der Waals surface area contributed by atoms with E-state index in [0.29, 0.717) is 11.6 Å². The Bertz CT molecular complexity index is 271. The Balaban J connectivity index is 2.21. The molecule has 2 heterocycles. The first-order chi connectivity index (χ1) is 5.86. The number of nitrogens with two attached hydrogens (primary N) is 1. The molecule has 1 aliphatic heterocycles. The molecule has 0 aliphatic carbocycles. The van der Waals surface area contributed by atoms with Gasteiger partial charge in [-0.3, -0.25) is 0 Å². The molecular weight excluding hydrogens is 154 g/mol. The van der Waals surface area contributed by atoms with Crippen LogP contribution in [-0.4, -0.2) is 23.4 Å². The number of rotatable bonds is 1. The van der Waals surface area contributed by atoms with Crippen LogP contribution in [0.15, 0.2) is 12.3 Å². The molecule has 1 aromatic heterocycles. The van der Waals surface area contributed by atoms with Crippen molar-refractivity contribution in [3.05, 3.63) is 18.0 Å². The minimum Gasteiger partial charge on any atom is -0.397 e. The predicted octanol–water partition coefficient (Wildman–Crippen LogP) is 0.563. The molecule has 0 radical (unpaired) electrons. The number of aromatic nitrogens is 2. The van der Waals surface area contributed by atoms with E-state index < -0.39 is 0 Å². The summed E-state index contributed by atoms with van der Waals surface area (Å²) < 4.78 is 5.24. The summed E-state index contributed by atoms with van der Waals surface area (Å²) in [5.74, 6) is 0.390. The van der Waals surface area contributed by atoms with Crippen molar-refractivity contribution in [2.24, 2.45) is 0 Å². The smallest absolute Gasteiger partial charge is 0.0726 e. The molecule has 12 heavy (non-hydrogen) atoms. The van der Waals surface area contributed by atoms with Crippen LogP contribution in [0.2, 0.25) is 0 Å². The SMILES string of the molecule is Nc1cnnc(C2CCOC2)c1. The minimum absolute atomic E-state index is 0.390. The first-order valence-electron chi connectivity index (χ1n) is 4.02. The average molecular weight is 165 g/mol. The number of anilines is 1. The molecule has 2 rings (SSSR count). The molecule has 0 spiro atoms. The molecule has 1 aromatic rings. The van der Waals surface area contributed by atoms with Crippen molar-refractivity contribution in [1.29, 1.82) is 0 Å². The molecular formula is C8H11N3O. The van der Waals surface area contributed by atoms with Gasteiger partial charge in [0.25, 0.3) is 0 Å². The topological polar surface area (TPSA) is 61.0 Å². The summed E-state index contributed by atoms with van der Waals surface area (Å²) in [6.45, 7) is 1.57. The second-order valence-electron chi connectivity index (χ2n) is 2.97. The second-order valence-corrected chi connectivity index (χ2v) is 2.97. The molecule has 2 N–H and O–H groups in total. The van der Waals surface area contributed by atoms with Crippen LogP contribution in [0.1, 0.15) is 18.0 Å². The third-order valence-electron chi connectivity index (χ3n) is 2.04. The van der Waals surface area contributed by atoms with Crippen molar-refractivity contribution in [3.63, 3.8) is 0 Å². The fourth-order valence-electron chi connectivity index (χ4n) is 1.37. The van der Waals surface area contributed by atoms with E-state index in [1.807, 2.05) is 6.07 Å². The van der Waals surface area contributed by atoms with E-state index in [4.69, 9.17) is 10.5 Å². The van der Waals surface area contributed by atoms with Gasteiger partial charge in [-0.2, -0.15) is 10.2 Å². The van der Waals surface area contributed by atoms with Crippen molar-refractivity contribution >= 4 is 5.69 Å². The molecule has 0 bridgehead atoms. The molecule has 1 aliphatic rings. The summed E-state index contributed by atoms with van der Waals surface area (Å²) >= 11 is 0. The largest absolute Gasteiger partial charge is 0.397 e. The number of nitrogens with zero attached hydrogens (tertiary/aromatic N) is 2. The first-order valence-corrected chi connectivity index (χ1v) is 4.02. The quantitative estimate of drug-likeness (QED) is 0.660. The summed E-state index contributed by atoms with van der Waals surface area (Å²) in [6, 6.07) is 1.87. The van der Waals surface area contributed by atoms with Gasteiger partial charge < -0.3 is 10.5 Å². The van der Waals surface area contributed by atoms with Crippen LogP contribution in [0.3, 0.4) is 0 Å². The summed E-state index contributed by atoms with van der Waals surface area (Å²) in [5, 5.41) is 7.81. The maximum atomic E-state index is 5.58. The summed E-state index contributed by atoms with van der Waals surface area (Å²) in [5.41, 5.74) is 7.21. The molecule has 64 valence electrons. The summed E-state index contributed by atoms with van der Waals surface area (Å²) in [7, 11) is 0. The zero-order chi connectivity index (χ0) is 8.39. The number of hydrogen-bond donors (Lipinski definition) is 1. The lowest BCUT2D eigenvalue weighted by molar-refractivity contribution is 0.193. The van der Waals surface area contributed by atoms with E-state index in [-0.39, 0.29) is 0 Å². The van der Waals surface area contributed by atoms with Crippen LogP contribution in [0, 0.1) is 0 Å². The van der Waals surface area contributed by atoms with Gasteiger partial charge in [-0.15, -0.1) is 0 Å². The molecule has 4 nitrogen and oxygen atoms in total. The molecule has 0 aromatic carbocycles. The maximum Gasteiger partial charge on any atom is 0.0726 e. The molecule has 1 saturated heterocycles. The molecule has 0 amide bonds. The maximum absolute atomic E-state index is 5.58. The van der Waals surface area contributed by atoms with Crippen LogP contribution in [-0.2, 0) is 4.74 Å². The monoisotopic (exact) mass is 165 g/mol.